The van der Waals surface area contributed by atoms with Crippen LogP contribution in [-0.4, -0.2) is 41.3 Å². The van der Waals surface area contributed by atoms with E-state index >= 15 is 0 Å². The van der Waals surface area contributed by atoms with Crippen molar-refractivity contribution in [2.24, 2.45) is 5.41 Å². The molecule has 0 bridgehead atoms. The van der Waals surface area contributed by atoms with Crippen LogP contribution < -0.4 is 5.73 Å². The van der Waals surface area contributed by atoms with Gasteiger partial charge in [0.2, 0.25) is 5.95 Å². The number of ether oxygens (including phenoxy) is 1. The highest BCUT2D eigenvalue weighted by molar-refractivity contribution is 7.51. The van der Waals surface area contributed by atoms with Crippen molar-refractivity contribution in [2.45, 2.75) is 32.4 Å². The number of fused-ring (bicyclic) bond motifs is 1. The molecule has 120 valence electrons. The molecule has 0 radical (unpaired) electrons. The van der Waals surface area contributed by atoms with Crippen LogP contribution in [0.2, 0.25) is 0 Å². The highest BCUT2D eigenvalue weighted by Crippen LogP contribution is 2.60. The quantitative estimate of drug-likeness (QED) is 0.684. The van der Waals surface area contributed by atoms with Gasteiger partial charge in [-0.25, -0.2) is 9.97 Å². The second kappa shape index (κ2) is 4.73. The molecular formula is C12H18N5O4P. The number of aromatic nitrogens is 4. The molecule has 3 rings (SSSR count). The summed E-state index contributed by atoms with van der Waals surface area (Å²) in [5.74, 6) is 0.148. The van der Waals surface area contributed by atoms with Crippen molar-refractivity contribution < 1.29 is 19.1 Å². The lowest BCUT2D eigenvalue weighted by Crippen LogP contribution is -2.28. The van der Waals surface area contributed by atoms with Crippen LogP contribution in [0.1, 0.15) is 20.3 Å². The molecule has 0 spiro atoms. The van der Waals surface area contributed by atoms with E-state index in [1.54, 1.807) is 10.9 Å². The van der Waals surface area contributed by atoms with Crippen LogP contribution in [0, 0.1) is 5.41 Å². The average Bonchev–Trinajstić information content (AvgIpc) is 2.73. The Kier molecular flexibility index (Phi) is 3.30. The Morgan fingerprint density at radius 2 is 2.14 bits per heavy atom. The van der Waals surface area contributed by atoms with Gasteiger partial charge >= 0.3 is 7.60 Å². The molecule has 0 aliphatic heterocycles. The molecule has 10 heteroatoms. The fourth-order valence-corrected chi connectivity index (χ4v) is 3.11. The number of hydrogen-bond acceptors (Lipinski definition) is 6. The Bertz CT molecular complexity index is 770. The summed E-state index contributed by atoms with van der Waals surface area (Å²) in [6.07, 6.45) is 3.24. The molecule has 2 heterocycles. The van der Waals surface area contributed by atoms with Gasteiger partial charge in [-0.1, -0.05) is 13.8 Å². The lowest BCUT2D eigenvalue weighted by molar-refractivity contribution is 0.0142. The van der Waals surface area contributed by atoms with Gasteiger partial charge in [0.1, 0.15) is 11.9 Å². The van der Waals surface area contributed by atoms with Gasteiger partial charge < -0.3 is 24.8 Å². The third-order valence-corrected chi connectivity index (χ3v) is 4.61. The Balaban J connectivity index is 1.88. The summed E-state index contributed by atoms with van der Waals surface area (Å²) in [4.78, 5) is 30.3. The highest BCUT2D eigenvalue weighted by atomic mass is 31.2. The third kappa shape index (κ3) is 2.72. The number of hydrogen-bond donors (Lipinski definition) is 3. The fourth-order valence-electron chi connectivity index (χ4n) is 2.70. The number of rotatable bonds is 5. The first-order chi connectivity index (χ1) is 10.1. The van der Waals surface area contributed by atoms with Gasteiger partial charge in [0.15, 0.2) is 5.65 Å². The van der Waals surface area contributed by atoms with Crippen molar-refractivity contribution in [1.82, 2.24) is 19.5 Å². The zero-order valence-corrected chi connectivity index (χ0v) is 13.2. The van der Waals surface area contributed by atoms with Crippen molar-refractivity contribution in [3.05, 3.63) is 12.5 Å². The van der Waals surface area contributed by atoms with Crippen molar-refractivity contribution in [3.63, 3.8) is 0 Å². The molecule has 1 atom stereocenters. The molecule has 1 unspecified atom stereocenters. The lowest BCUT2D eigenvalue weighted by atomic mass is 10.1. The summed E-state index contributed by atoms with van der Waals surface area (Å²) in [5.41, 5.74) is 5.96. The first kappa shape index (κ1) is 15.4. The molecule has 22 heavy (non-hydrogen) atoms. The largest absolute Gasteiger partial charge is 0.368 e. The van der Waals surface area contributed by atoms with Crippen LogP contribution in [0.15, 0.2) is 12.5 Å². The van der Waals surface area contributed by atoms with E-state index in [0.29, 0.717) is 24.1 Å². The minimum absolute atomic E-state index is 0.148. The number of anilines is 1. The predicted molar refractivity (Wildman–Crippen MR) is 78.9 cm³/mol. The van der Waals surface area contributed by atoms with Gasteiger partial charge in [0.05, 0.1) is 24.7 Å². The van der Waals surface area contributed by atoms with Gasteiger partial charge in [-0.3, -0.25) is 4.57 Å². The van der Waals surface area contributed by atoms with Gasteiger partial charge in [-0.05, 0) is 11.8 Å². The Labute approximate surface area is 126 Å². The Hall–Kier alpha value is -1.54. The standard InChI is InChI=1S/C12H18N5O4P/c1-11(2)4-12(11,21-7-22(18,19)20)5-17-6-15-8-3-14-10(13)16-9(8)17/h3,6H,4-5,7H2,1-2H3,(H2,13,14,16)(H2,18,19,20). The summed E-state index contributed by atoms with van der Waals surface area (Å²) in [6.45, 7) is 4.39. The number of nitrogens with zero attached hydrogens (tertiary/aromatic N) is 4. The van der Waals surface area contributed by atoms with Crippen LogP contribution in [-0.2, 0) is 15.8 Å². The first-order valence-electron chi connectivity index (χ1n) is 6.74. The molecule has 0 amide bonds. The van der Waals surface area contributed by atoms with E-state index in [1.165, 1.54) is 6.20 Å². The van der Waals surface area contributed by atoms with Crippen molar-refractivity contribution >= 4 is 24.7 Å². The number of nitrogen functional groups attached to an aromatic ring is 1. The maximum absolute atomic E-state index is 11.1. The lowest BCUT2D eigenvalue weighted by Gasteiger charge is -2.22. The second-order valence-electron chi connectivity index (χ2n) is 6.30. The first-order valence-corrected chi connectivity index (χ1v) is 8.54. The number of nitrogens with two attached hydrogens (primary N) is 1. The van der Waals surface area contributed by atoms with Gasteiger partial charge in [-0.2, -0.15) is 4.98 Å². The molecular weight excluding hydrogens is 309 g/mol. The van der Waals surface area contributed by atoms with Crippen LogP contribution in [0.25, 0.3) is 11.2 Å². The van der Waals surface area contributed by atoms with E-state index in [4.69, 9.17) is 20.3 Å². The van der Waals surface area contributed by atoms with E-state index < -0.39 is 19.5 Å². The van der Waals surface area contributed by atoms with Crippen molar-refractivity contribution in [2.75, 3.05) is 12.1 Å². The predicted octanol–water partition coefficient (Wildman–Crippen LogP) is 0.729. The van der Waals surface area contributed by atoms with E-state index in [9.17, 15) is 4.57 Å². The summed E-state index contributed by atoms with van der Waals surface area (Å²) >= 11 is 0. The second-order valence-corrected chi connectivity index (χ2v) is 7.89. The molecule has 1 aliphatic rings. The molecule has 4 N–H and O–H groups in total. The molecule has 9 nitrogen and oxygen atoms in total. The third-order valence-electron chi connectivity index (χ3n) is 4.15. The Morgan fingerprint density at radius 3 is 2.73 bits per heavy atom. The summed E-state index contributed by atoms with van der Waals surface area (Å²) in [5, 5.41) is 0. The van der Waals surface area contributed by atoms with Crippen molar-refractivity contribution in [1.29, 1.82) is 0 Å². The number of imidazole rings is 1. The maximum Gasteiger partial charge on any atom is 0.351 e. The Morgan fingerprint density at radius 1 is 1.45 bits per heavy atom. The molecule has 1 fully saturated rings. The fraction of sp³-hybridized carbons (Fsp3) is 0.583. The maximum atomic E-state index is 11.1. The molecule has 0 aromatic carbocycles. The monoisotopic (exact) mass is 327 g/mol. The minimum Gasteiger partial charge on any atom is -0.368 e. The average molecular weight is 327 g/mol. The molecule has 1 saturated carbocycles. The molecule has 2 aromatic rings. The summed E-state index contributed by atoms with van der Waals surface area (Å²) < 4.78 is 18.5. The van der Waals surface area contributed by atoms with E-state index in [0.717, 1.165) is 0 Å². The highest BCUT2D eigenvalue weighted by Gasteiger charge is 2.63. The van der Waals surface area contributed by atoms with Gasteiger partial charge in [0.25, 0.3) is 0 Å². The molecule has 2 aromatic heterocycles. The van der Waals surface area contributed by atoms with E-state index in [2.05, 4.69) is 15.0 Å². The zero-order chi connectivity index (χ0) is 16.2. The van der Waals surface area contributed by atoms with Crippen LogP contribution in [0.5, 0.6) is 0 Å². The van der Waals surface area contributed by atoms with Crippen molar-refractivity contribution in [3.8, 4) is 0 Å². The smallest absolute Gasteiger partial charge is 0.351 e. The minimum atomic E-state index is -4.22. The SMILES string of the molecule is CC1(C)CC1(Cn1cnc2cnc(N)nc21)OCP(=O)(O)O. The molecule has 1 aliphatic carbocycles. The van der Waals surface area contributed by atoms with E-state index in [1.807, 2.05) is 13.8 Å². The normalized spacial score (nSPS) is 23.8. The van der Waals surface area contributed by atoms with Gasteiger partial charge in [0, 0.05) is 0 Å². The van der Waals surface area contributed by atoms with Crippen LogP contribution in [0.4, 0.5) is 5.95 Å². The summed E-state index contributed by atoms with van der Waals surface area (Å²) in [6, 6.07) is 0. The van der Waals surface area contributed by atoms with E-state index in [-0.39, 0.29) is 11.4 Å². The van der Waals surface area contributed by atoms with Crippen LogP contribution >= 0.6 is 7.60 Å². The van der Waals surface area contributed by atoms with Crippen LogP contribution in [0.3, 0.4) is 0 Å². The topological polar surface area (TPSA) is 136 Å². The molecule has 0 saturated heterocycles. The zero-order valence-electron chi connectivity index (χ0n) is 12.3. The van der Waals surface area contributed by atoms with Gasteiger partial charge in [-0.15, -0.1) is 0 Å². The summed E-state index contributed by atoms with van der Waals surface area (Å²) in [7, 11) is -4.22.